The van der Waals surface area contributed by atoms with Crippen molar-refractivity contribution < 1.29 is 4.79 Å². The molecule has 1 aliphatic heterocycles. The van der Waals surface area contributed by atoms with E-state index in [1.54, 1.807) is 19.0 Å². The second-order valence-corrected chi connectivity index (χ2v) is 4.90. The van der Waals surface area contributed by atoms with Crippen LogP contribution in [0, 0.1) is 29.1 Å². The highest BCUT2D eigenvalue weighted by atomic mass is 16.2. The molecule has 0 N–H and O–H groups in total. The third-order valence-electron chi connectivity index (χ3n) is 3.59. The number of carbonyl (C=O) groups is 1. The molecule has 2 fully saturated rings. The molecule has 1 saturated carbocycles. The lowest BCUT2D eigenvalue weighted by atomic mass is 10.0. The van der Waals surface area contributed by atoms with Gasteiger partial charge in [0.1, 0.15) is 0 Å². The zero-order valence-electron chi connectivity index (χ0n) is 9.31. The molecule has 15 heavy (non-hydrogen) atoms. The normalized spacial score (nSPS) is 33.7. The summed E-state index contributed by atoms with van der Waals surface area (Å²) in [5, 5.41) is 8.85. The van der Waals surface area contributed by atoms with Crippen LogP contribution in [0.4, 0.5) is 4.79 Å². The summed E-state index contributed by atoms with van der Waals surface area (Å²) in [6.07, 6.45) is 1.97. The van der Waals surface area contributed by atoms with E-state index in [0.717, 1.165) is 25.9 Å². The van der Waals surface area contributed by atoms with E-state index in [2.05, 4.69) is 6.07 Å². The van der Waals surface area contributed by atoms with Gasteiger partial charge in [-0.15, -0.1) is 0 Å². The molecule has 2 rings (SSSR count). The molecule has 82 valence electrons. The minimum Gasteiger partial charge on any atom is -0.331 e. The van der Waals surface area contributed by atoms with Crippen LogP contribution in [0.5, 0.6) is 0 Å². The van der Waals surface area contributed by atoms with Crippen molar-refractivity contribution in [3.8, 4) is 6.07 Å². The minimum atomic E-state index is 0.109. The van der Waals surface area contributed by atoms with Crippen LogP contribution in [0.15, 0.2) is 0 Å². The molecule has 1 aliphatic carbocycles. The van der Waals surface area contributed by atoms with E-state index >= 15 is 0 Å². The van der Waals surface area contributed by atoms with Crippen molar-refractivity contribution in [1.82, 2.24) is 9.80 Å². The fourth-order valence-corrected chi connectivity index (χ4v) is 2.84. The SMILES string of the molecule is CN(C)C(=O)N1C[C@H]2CC(C#N)C[C@H]2C1. The summed E-state index contributed by atoms with van der Waals surface area (Å²) in [6, 6.07) is 2.45. The monoisotopic (exact) mass is 207 g/mol. The Morgan fingerprint density at radius 1 is 1.33 bits per heavy atom. The van der Waals surface area contributed by atoms with Crippen LogP contribution in [-0.2, 0) is 0 Å². The molecule has 0 spiro atoms. The smallest absolute Gasteiger partial charge is 0.319 e. The van der Waals surface area contributed by atoms with Gasteiger partial charge in [-0.2, -0.15) is 5.26 Å². The zero-order chi connectivity index (χ0) is 11.0. The van der Waals surface area contributed by atoms with Crippen LogP contribution in [0.2, 0.25) is 0 Å². The number of amides is 2. The van der Waals surface area contributed by atoms with Gasteiger partial charge in [0, 0.05) is 33.1 Å². The molecule has 1 saturated heterocycles. The van der Waals surface area contributed by atoms with Crippen molar-refractivity contribution >= 4 is 6.03 Å². The molecule has 0 bridgehead atoms. The maximum atomic E-state index is 11.7. The molecule has 0 aromatic heterocycles. The number of carbonyl (C=O) groups excluding carboxylic acids is 1. The number of urea groups is 1. The van der Waals surface area contributed by atoms with Gasteiger partial charge in [0.2, 0.25) is 0 Å². The summed E-state index contributed by atoms with van der Waals surface area (Å²) in [4.78, 5) is 15.3. The summed E-state index contributed by atoms with van der Waals surface area (Å²) in [6.45, 7) is 1.69. The van der Waals surface area contributed by atoms with Gasteiger partial charge in [0.05, 0.1) is 6.07 Å². The van der Waals surface area contributed by atoms with E-state index < -0.39 is 0 Å². The topological polar surface area (TPSA) is 47.3 Å². The first-order valence-corrected chi connectivity index (χ1v) is 5.47. The van der Waals surface area contributed by atoms with Crippen molar-refractivity contribution in [3.05, 3.63) is 0 Å². The van der Waals surface area contributed by atoms with Crippen molar-refractivity contribution in [3.63, 3.8) is 0 Å². The van der Waals surface area contributed by atoms with Crippen LogP contribution >= 0.6 is 0 Å². The third kappa shape index (κ3) is 1.79. The molecule has 4 heteroatoms. The van der Waals surface area contributed by atoms with Gasteiger partial charge in [-0.05, 0) is 24.7 Å². The van der Waals surface area contributed by atoms with E-state index in [4.69, 9.17) is 5.26 Å². The van der Waals surface area contributed by atoms with Crippen molar-refractivity contribution in [2.24, 2.45) is 17.8 Å². The van der Waals surface area contributed by atoms with Gasteiger partial charge < -0.3 is 9.80 Å². The predicted molar refractivity (Wildman–Crippen MR) is 56.0 cm³/mol. The highest BCUT2D eigenvalue weighted by Gasteiger charge is 2.42. The van der Waals surface area contributed by atoms with Gasteiger partial charge >= 0.3 is 6.03 Å². The molecule has 2 aliphatic rings. The Labute approximate surface area is 90.5 Å². The van der Waals surface area contributed by atoms with Gasteiger partial charge in [-0.3, -0.25) is 0 Å². The van der Waals surface area contributed by atoms with Gasteiger partial charge in [0.15, 0.2) is 0 Å². The Bertz CT molecular complexity index is 293. The Hall–Kier alpha value is -1.24. The van der Waals surface area contributed by atoms with Gasteiger partial charge in [-0.1, -0.05) is 0 Å². The molecule has 2 amide bonds. The Kier molecular flexibility index (Phi) is 2.56. The fourth-order valence-electron chi connectivity index (χ4n) is 2.84. The highest BCUT2D eigenvalue weighted by Crippen LogP contribution is 2.41. The maximum absolute atomic E-state index is 11.7. The van der Waals surface area contributed by atoms with Crippen LogP contribution in [0.3, 0.4) is 0 Å². The number of likely N-dealkylation sites (tertiary alicyclic amines) is 1. The van der Waals surface area contributed by atoms with Crippen molar-refractivity contribution in [1.29, 1.82) is 5.26 Å². The first kappa shape index (κ1) is 10.3. The van der Waals surface area contributed by atoms with Crippen LogP contribution in [-0.4, -0.2) is 43.0 Å². The molecule has 1 unspecified atom stereocenters. The van der Waals surface area contributed by atoms with Crippen molar-refractivity contribution in [2.45, 2.75) is 12.8 Å². The Morgan fingerprint density at radius 3 is 2.27 bits per heavy atom. The quantitative estimate of drug-likeness (QED) is 0.598. The lowest BCUT2D eigenvalue weighted by molar-refractivity contribution is 0.177. The molecule has 0 aromatic rings. The second-order valence-electron chi connectivity index (χ2n) is 4.90. The summed E-state index contributed by atoms with van der Waals surface area (Å²) in [5.41, 5.74) is 0. The number of nitriles is 1. The number of nitrogens with zero attached hydrogens (tertiary/aromatic N) is 3. The van der Waals surface area contributed by atoms with E-state index in [1.807, 2.05) is 4.90 Å². The average Bonchev–Trinajstić information content (AvgIpc) is 2.72. The maximum Gasteiger partial charge on any atom is 0.319 e. The standard InChI is InChI=1S/C11H17N3O/c1-13(2)11(15)14-6-9-3-8(5-12)4-10(9)7-14/h8-10H,3-4,6-7H2,1-2H3/t8?,9-,10+. The number of hydrogen-bond donors (Lipinski definition) is 0. The van der Waals surface area contributed by atoms with Gasteiger partial charge in [-0.25, -0.2) is 4.79 Å². The molecule has 4 nitrogen and oxygen atoms in total. The average molecular weight is 207 g/mol. The Balaban J connectivity index is 1.94. The van der Waals surface area contributed by atoms with Crippen LogP contribution in [0.1, 0.15) is 12.8 Å². The molecule has 0 radical (unpaired) electrons. The predicted octanol–water partition coefficient (Wildman–Crippen LogP) is 1.15. The molecular formula is C11H17N3O. The number of fused-ring (bicyclic) bond motifs is 1. The highest BCUT2D eigenvalue weighted by molar-refractivity contribution is 5.74. The Morgan fingerprint density at radius 2 is 1.87 bits per heavy atom. The van der Waals surface area contributed by atoms with E-state index in [-0.39, 0.29) is 11.9 Å². The molecule has 0 aromatic carbocycles. The van der Waals surface area contributed by atoms with E-state index in [1.165, 1.54) is 0 Å². The fraction of sp³-hybridized carbons (Fsp3) is 0.818. The number of rotatable bonds is 0. The largest absolute Gasteiger partial charge is 0.331 e. The molecular weight excluding hydrogens is 190 g/mol. The minimum absolute atomic E-state index is 0.109. The van der Waals surface area contributed by atoms with Crippen molar-refractivity contribution in [2.75, 3.05) is 27.2 Å². The van der Waals surface area contributed by atoms with Crippen LogP contribution in [0.25, 0.3) is 0 Å². The summed E-state index contributed by atoms with van der Waals surface area (Å²) >= 11 is 0. The van der Waals surface area contributed by atoms with Crippen LogP contribution < -0.4 is 0 Å². The summed E-state index contributed by atoms with van der Waals surface area (Å²) < 4.78 is 0. The van der Waals surface area contributed by atoms with Gasteiger partial charge in [0.25, 0.3) is 0 Å². The number of hydrogen-bond acceptors (Lipinski definition) is 2. The first-order chi connectivity index (χ1) is 7.11. The molecule has 1 heterocycles. The lowest BCUT2D eigenvalue weighted by Gasteiger charge is -2.22. The zero-order valence-corrected chi connectivity index (χ0v) is 9.31. The summed E-state index contributed by atoms with van der Waals surface area (Å²) in [5.74, 6) is 1.37. The van der Waals surface area contributed by atoms with E-state index in [9.17, 15) is 4.79 Å². The third-order valence-corrected chi connectivity index (χ3v) is 3.59. The first-order valence-electron chi connectivity index (χ1n) is 5.47. The lowest BCUT2D eigenvalue weighted by Crippen LogP contribution is -2.38. The summed E-state index contributed by atoms with van der Waals surface area (Å²) in [7, 11) is 3.57. The second kappa shape index (κ2) is 3.73. The van der Waals surface area contributed by atoms with E-state index in [0.29, 0.717) is 11.8 Å². The molecule has 3 atom stereocenters.